The molecule has 0 saturated heterocycles. The van der Waals surface area contributed by atoms with E-state index < -0.39 is 0 Å². The molecule has 0 saturated carbocycles. The standard InChI is InChI=1S/C17H22N2O/c1-11(2)14-6-5-12(3)17(9-14)20-15-7-8-16(13(4)18)19-10-15/h5-11,13H,18H2,1-4H3. The van der Waals surface area contributed by atoms with Gasteiger partial charge in [0.2, 0.25) is 0 Å². The number of ether oxygens (including phenoxy) is 1. The Morgan fingerprint density at radius 3 is 2.40 bits per heavy atom. The van der Waals surface area contributed by atoms with Crippen molar-refractivity contribution in [1.82, 2.24) is 4.98 Å². The normalized spacial score (nSPS) is 12.5. The van der Waals surface area contributed by atoms with Gasteiger partial charge in [0.1, 0.15) is 11.5 Å². The van der Waals surface area contributed by atoms with Crippen LogP contribution in [-0.2, 0) is 0 Å². The minimum Gasteiger partial charge on any atom is -0.455 e. The van der Waals surface area contributed by atoms with Crippen LogP contribution in [0.2, 0.25) is 0 Å². The number of pyridine rings is 1. The van der Waals surface area contributed by atoms with Crippen molar-refractivity contribution in [2.75, 3.05) is 0 Å². The van der Waals surface area contributed by atoms with Crippen LogP contribution < -0.4 is 10.5 Å². The van der Waals surface area contributed by atoms with Crippen molar-refractivity contribution < 1.29 is 4.74 Å². The van der Waals surface area contributed by atoms with Gasteiger partial charge in [-0.25, -0.2) is 0 Å². The van der Waals surface area contributed by atoms with E-state index in [1.807, 2.05) is 26.0 Å². The van der Waals surface area contributed by atoms with Crippen molar-refractivity contribution in [2.45, 2.75) is 39.7 Å². The molecule has 2 rings (SSSR count). The van der Waals surface area contributed by atoms with Gasteiger partial charge in [-0.05, 0) is 49.1 Å². The molecule has 1 unspecified atom stereocenters. The van der Waals surface area contributed by atoms with Crippen LogP contribution in [0.3, 0.4) is 0 Å². The molecular formula is C17H22N2O. The average molecular weight is 270 g/mol. The number of nitrogens with two attached hydrogens (primary N) is 1. The zero-order valence-electron chi connectivity index (χ0n) is 12.6. The molecule has 1 atom stereocenters. The maximum atomic E-state index is 5.93. The molecule has 1 aromatic carbocycles. The fourth-order valence-corrected chi connectivity index (χ4v) is 1.93. The summed E-state index contributed by atoms with van der Waals surface area (Å²) in [5.41, 5.74) is 9.04. The van der Waals surface area contributed by atoms with Crippen LogP contribution in [0.4, 0.5) is 0 Å². The Morgan fingerprint density at radius 2 is 1.85 bits per heavy atom. The summed E-state index contributed by atoms with van der Waals surface area (Å²) in [6.07, 6.45) is 1.72. The summed E-state index contributed by atoms with van der Waals surface area (Å²) in [4.78, 5) is 4.31. The van der Waals surface area contributed by atoms with Gasteiger partial charge in [-0.15, -0.1) is 0 Å². The third-order valence-electron chi connectivity index (χ3n) is 3.33. The molecule has 2 aromatic rings. The molecule has 3 nitrogen and oxygen atoms in total. The number of nitrogens with zero attached hydrogens (tertiary/aromatic N) is 1. The van der Waals surface area contributed by atoms with E-state index >= 15 is 0 Å². The van der Waals surface area contributed by atoms with Gasteiger partial charge in [-0.2, -0.15) is 0 Å². The SMILES string of the molecule is Cc1ccc(C(C)C)cc1Oc1ccc(C(C)N)nc1. The van der Waals surface area contributed by atoms with Gasteiger partial charge in [-0.3, -0.25) is 4.98 Å². The molecule has 0 aliphatic heterocycles. The van der Waals surface area contributed by atoms with Crippen LogP contribution >= 0.6 is 0 Å². The van der Waals surface area contributed by atoms with Crippen molar-refractivity contribution in [1.29, 1.82) is 0 Å². The maximum absolute atomic E-state index is 5.93. The molecule has 0 fully saturated rings. The number of benzene rings is 1. The Balaban J connectivity index is 2.23. The van der Waals surface area contributed by atoms with Crippen LogP contribution in [-0.4, -0.2) is 4.98 Å². The molecule has 0 aliphatic carbocycles. The molecule has 0 spiro atoms. The summed E-state index contributed by atoms with van der Waals surface area (Å²) in [7, 11) is 0. The van der Waals surface area contributed by atoms with Crippen LogP contribution in [0, 0.1) is 6.92 Å². The summed E-state index contributed by atoms with van der Waals surface area (Å²) in [6.45, 7) is 8.31. The second-order valence-corrected chi connectivity index (χ2v) is 5.49. The molecule has 20 heavy (non-hydrogen) atoms. The summed E-state index contributed by atoms with van der Waals surface area (Å²) >= 11 is 0. The molecule has 1 aromatic heterocycles. The molecule has 3 heteroatoms. The molecule has 0 bridgehead atoms. The predicted octanol–water partition coefficient (Wildman–Crippen LogP) is 4.33. The Bertz CT molecular complexity index is 574. The van der Waals surface area contributed by atoms with Gasteiger partial charge in [0.25, 0.3) is 0 Å². The first kappa shape index (κ1) is 14.5. The van der Waals surface area contributed by atoms with Gasteiger partial charge < -0.3 is 10.5 Å². The van der Waals surface area contributed by atoms with Crippen LogP contribution in [0.5, 0.6) is 11.5 Å². The smallest absolute Gasteiger partial charge is 0.145 e. The second-order valence-electron chi connectivity index (χ2n) is 5.49. The molecular weight excluding hydrogens is 248 g/mol. The van der Waals surface area contributed by atoms with E-state index in [1.165, 1.54) is 5.56 Å². The molecule has 0 radical (unpaired) electrons. The highest BCUT2D eigenvalue weighted by atomic mass is 16.5. The van der Waals surface area contributed by atoms with E-state index in [1.54, 1.807) is 6.20 Å². The third kappa shape index (κ3) is 3.36. The van der Waals surface area contributed by atoms with Crippen LogP contribution in [0.25, 0.3) is 0 Å². The van der Waals surface area contributed by atoms with Gasteiger partial charge in [0.15, 0.2) is 0 Å². The number of hydrogen-bond donors (Lipinski definition) is 1. The first-order valence-electron chi connectivity index (χ1n) is 6.97. The van der Waals surface area contributed by atoms with Crippen molar-refractivity contribution in [3.63, 3.8) is 0 Å². The highest BCUT2D eigenvalue weighted by molar-refractivity contribution is 5.40. The first-order valence-corrected chi connectivity index (χ1v) is 6.97. The molecule has 106 valence electrons. The van der Waals surface area contributed by atoms with Crippen molar-refractivity contribution in [2.24, 2.45) is 5.73 Å². The van der Waals surface area contributed by atoms with E-state index in [2.05, 4.69) is 37.0 Å². The van der Waals surface area contributed by atoms with Crippen molar-refractivity contribution in [3.8, 4) is 11.5 Å². The van der Waals surface area contributed by atoms with Gasteiger partial charge >= 0.3 is 0 Å². The largest absolute Gasteiger partial charge is 0.455 e. The molecule has 0 amide bonds. The minimum absolute atomic E-state index is 0.0601. The lowest BCUT2D eigenvalue weighted by Crippen LogP contribution is -2.06. The number of aryl methyl sites for hydroxylation is 1. The molecule has 2 N–H and O–H groups in total. The lowest BCUT2D eigenvalue weighted by molar-refractivity contribution is 0.474. The molecule has 1 heterocycles. The highest BCUT2D eigenvalue weighted by Gasteiger charge is 2.07. The van der Waals surface area contributed by atoms with E-state index in [4.69, 9.17) is 10.5 Å². The predicted molar refractivity (Wildman–Crippen MR) is 82.2 cm³/mol. The zero-order chi connectivity index (χ0) is 14.7. The topological polar surface area (TPSA) is 48.1 Å². The van der Waals surface area contributed by atoms with Crippen LogP contribution in [0.15, 0.2) is 36.5 Å². The van der Waals surface area contributed by atoms with Crippen LogP contribution in [0.1, 0.15) is 49.6 Å². The summed E-state index contributed by atoms with van der Waals surface area (Å²) in [5, 5.41) is 0. The van der Waals surface area contributed by atoms with Crippen molar-refractivity contribution >= 4 is 0 Å². The van der Waals surface area contributed by atoms with Gasteiger partial charge in [-0.1, -0.05) is 26.0 Å². The van der Waals surface area contributed by atoms with Gasteiger partial charge in [0.05, 0.1) is 11.9 Å². The summed E-state index contributed by atoms with van der Waals surface area (Å²) < 4.78 is 5.93. The summed E-state index contributed by atoms with van der Waals surface area (Å²) in [6, 6.07) is 10.1. The van der Waals surface area contributed by atoms with E-state index in [-0.39, 0.29) is 6.04 Å². The fourth-order valence-electron chi connectivity index (χ4n) is 1.93. The minimum atomic E-state index is -0.0601. The quantitative estimate of drug-likeness (QED) is 0.899. The Kier molecular flexibility index (Phi) is 4.40. The van der Waals surface area contributed by atoms with E-state index in [9.17, 15) is 0 Å². The van der Waals surface area contributed by atoms with E-state index in [0.29, 0.717) is 5.92 Å². The van der Waals surface area contributed by atoms with E-state index in [0.717, 1.165) is 22.8 Å². The van der Waals surface area contributed by atoms with Crippen molar-refractivity contribution in [3.05, 3.63) is 53.3 Å². The third-order valence-corrected chi connectivity index (χ3v) is 3.33. The first-order chi connectivity index (χ1) is 9.47. The second kappa shape index (κ2) is 6.06. The number of hydrogen-bond acceptors (Lipinski definition) is 3. The summed E-state index contributed by atoms with van der Waals surface area (Å²) in [5.74, 6) is 2.10. The Morgan fingerprint density at radius 1 is 1.10 bits per heavy atom. The van der Waals surface area contributed by atoms with Gasteiger partial charge in [0, 0.05) is 6.04 Å². The maximum Gasteiger partial charge on any atom is 0.145 e. The number of aromatic nitrogens is 1. The molecule has 0 aliphatic rings. The Labute approximate surface area is 120 Å². The lowest BCUT2D eigenvalue weighted by atomic mass is 10.0. The Hall–Kier alpha value is -1.87. The highest BCUT2D eigenvalue weighted by Crippen LogP contribution is 2.28. The average Bonchev–Trinajstić information content (AvgIpc) is 2.41. The monoisotopic (exact) mass is 270 g/mol. The number of rotatable bonds is 4. The fraction of sp³-hybridized carbons (Fsp3) is 0.353. The zero-order valence-corrected chi connectivity index (χ0v) is 12.6. The lowest BCUT2D eigenvalue weighted by Gasteiger charge is -2.13.